The van der Waals surface area contributed by atoms with Crippen LogP contribution in [0.25, 0.3) is 0 Å². The molecule has 1 saturated heterocycles. The van der Waals surface area contributed by atoms with Crippen LogP contribution in [0.5, 0.6) is 5.75 Å². The fourth-order valence-electron chi connectivity index (χ4n) is 2.04. The number of hydrogen-bond donors (Lipinski definition) is 1. The Morgan fingerprint density at radius 3 is 2.36 bits per heavy atom. The number of aromatic nitrogens is 1. The second-order valence-corrected chi connectivity index (χ2v) is 6.49. The lowest BCUT2D eigenvalue weighted by atomic mass is 10.1. The summed E-state index contributed by atoms with van der Waals surface area (Å²) < 4.78 is 49.6. The molecule has 1 N–H and O–H groups in total. The van der Waals surface area contributed by atoms with E-state index in [0.29, 0.717) is 6.07 Å². The molecule has 138 valence electrons. The maximum absolute atomic E-state index is 13.1. The molecule has 0 atom stereocenters. The predicted molar refractivity (Wildman–Crippen MR) is 78.4 cm³/mol. The third-order valence-corrected chi connectivity index (χ3v) is 3.19. The van der Waals surface area contributed by atoms with Crippen molar-refractivity contribution in [2.24, 2.45) is 0 Å². The van der Waals surface area contributed by atoms with E-state index in [1.165, 1.54) is 4.90 Å². The minimum absolute atomic E-state index is 0.0624. The Kier molecular flexibility index (Phi) is 4.83. The van der Waals surface area contributed by atoms with Crippen molar-refractivity contribution in [1.82, 2.24) is 9.88 Å². The van der Waals surface area contributed by atoms with Crippen molar-refractivity contribution in [3.63, 3.8) is 0 Å². The Labute approximate surface area is 141 Å². The maximum Gasteiger partial charge on any atom is 0.420 e. The van der Waals surface area contributed by atoms with Gasteiger partial charge in [-0.2, -0.15) is 13.2 Å². The fourth-order valence-corrected chi connectivity index (χ4v) is 2.04. The van der Waals surface area contributed by atoms with Gasteiger partial charge in [0.25, 0.3) is 0 Å². The average molecular weight is 362 g/mol. The van der Waals surface area contributed by atoms with Gasteiger partial charge in [0.15, 0.2) is 5.75 Å². The lowest BCUT2D eigenvalue weighted by Gasteiger charge is -2.39. The number of ether oxygens (including phenoxy) is 2. The number of hydrogen-bond acceptors (Lipinski definition) is 5. The van der Waals surface area contributed by atoms with E-state index in [9.17, 15) is 22.8 Å². The van der Waals surface area contributed by atoms with Crippen molar-refractivity contribution in [2.75, 3.05) is 13.1 Å². The van der Waals surface area contributed by atoms with Crippen LogP contribution in [0.15, 0.2) is 12.3 Å². The van der Waals surface area contributed by atoms with E-state index >= 15 is 0 Å². The van der Waals surface area contributed by atoms with Gasteiger partial charge < -0.3 is 19.5 Å². The number of nitrogens with zero attached hydrogens (tertiary/aromatic N) is 2. The summed E-state index contributed by atoms with van der Waals surface area (Å²) in [5.74, 6) is -2.15. The topological polar surface area (TPSA) is 89.0 Å². The largest absolute Gasteiger partial charge is 0.484 e. The van der Waals surface area contributed by atoms with Gasteiger partial charge in [-0.05, 0) is 26.8 Å². The third-order valence-electron chi connectivity index (χ3n) is 3.19. The van der Waals surface area contributed by atoms with Gasteiger partial charge in [-0.1, -0.05) is 0 Å². The number of alkyl halides is 3. The molecule has 0 aromatic carbocycles. The summed E-state index contributed by atoms with van der Waals surface area (Å²) in [6, 6.07) is 0.419. The van der Waals surface area contributed by atoms with Crippen LogP contribution in [0, 0.1) is 0 Å². The lowest BCUT2D eigenvalue weighted by Crippen LogP contribution is -2.57. The molecule has 25 heavy (non-hydrogen) atoms. The molecule has 0 aliphatic carbocycles. The number of carbonyl (C=O) groups is 2. The molecule has 1 aliphatic heterocycles. The van der Waals surface area contributed by atoms with E-state index in [1.807, 2.05) is 0 Å². The molecule has 1 fully saturated rings. The van der Waals surface area contributed by atoms with Gasteiger partial charge in [0.2, 0.25) is 0 Å². The first kappa shape index (κ1) is 18.8. The van der Waals surface area contributed by atoms with Gasteiger partial charge in [0, 0.05) is 0 Å². The number of aromatic carboxylic acids is 1. The zero-order valence-corrected chi connectivity index (χ0v) is 13.8. The lowest BCUT2D eigenvalue weighted by molar-refractivity contribution is -0.140. The molecular weight excluding hydrogens is 345 g/mol. The Hall–Kier alpha value is -2.52. The summed E-state index contributed by atoms with van der Waals surface area (Å²) in [5, 5.41) is 8.77. The Morgan fingerprint density at radius 1 is 1.28 bits per heavy atom. The molecule has 7 nitrogen and oxygen atoms in total. The van der Waals surface area contributed by atoms with Crippen molar-refractivity contribution in [3.8, 4) is 5.75 Å². The highest BCUT2D eigenvalue weighted by atomic mass is 19.4. The predicted octanol–water partition coefficient (Wildman–Crippen LogP) is 2.80. The molecule has 1 aliphatic rings. The Balaban J connectivity index is 2.05. The van der Waals surface area contributed by atoms with Crippen LogP contribution in [0.3, 0.4) is 0 Å². The van der Waals surface area contributed by atoms with E-state index in [4.69, 9.17) is 14.6 Å². The van der Waals surface area contributed by atoms with Gasteiger partial charge in [0.05, 0.1) is 19.3 Å². The first-order chi connectivity index (χ1) is 11.4. The molecule has 2 rings (SSSR count). The molecule has 0 bridgehead atoms. The number of pyridine rings is 1. The summed E-state index contributed by atoms with van der Waals surface area (Å²) in [7, 11) is 0. The summed E-state index contributed by atoms with van der Waals surface area (Å²) in [4.78, 5) is 27.3. The van der Waals surface area contributed by atoms with Crippen molar-refractivity contribution in [1.29, 1.82) is 0 Å². The van der Waals surface area contributed by atoms with Gasteiger partial charge in [0.1, 0.15) is 23.0 Å². The first-order valence-electron chi connectivity index (χ1n) is 7.32. The Morgan fingerprint density at radius 2 is 1.88 bits per heavy atom. The smallest absolute Gasteiger partial charge is 0.420 e. The zero-order valence-electron chi connectivity index (χ0n) is 13.8. The summed E-state index contributed by atoms with van der Waals surface area (Å²) >= 11 is 0. The van der Waals surface area contributed by atoms with Crippen LogP contribution >= 0.6 is 0 Å². The maximum atomic E-state index is 13.1. The number of halogens is 3. The van der Waals surface area contributed by atoms with E-state index in [1.54, 1.807) is 20.8 Å². The second kappa shape index (κ2) is 6.41. The highest BCUT2D eigenvalue weighted by Gasteiger charge is 2.39. The van der Waals surface area contributed by atoms with Gasteiger partial charge in [-0.25, -0.2) is 14.6 Å². The highest BCUT2D eigenvalue weighted by Crippen LogP contribution is 2.37. The molecular formula is C15H17F3N2O5. The zero-order chi connectivity index (χ0) is 19.0. The first-order valence-corrected chi connectivity index (χ1v) is 7.32. The van der Waals surface area contributed by atoms with E-state index < -0.39 is 47.0 Å². The van der Waals surface area contributed by atoms with Crippen LogP contribution in [0.1, 0.15) is 36.8 Å². The summed E-state index contributed by atoms with van der Waals surface area (Å²) in [6.07, 6.45) is -5.31. The van der Waals surface area contributed by atoms with Gasteiger partial charge in [-0.3, -0.25) is 0 Å². The third kappa shape index (κ3) is 4.74. The molecule has 1 amide bonds. The van der Waals surface area contributed by atoms with Crippen molar-refractivity contribution in [2.45, 2.75) is 38.7 Å². The standard InChI is InChI=1S/C15H17F3N2O5/c1-14(2,3)25-13(23)20-6-8(7-20)24-11-5-19-10(12(21)22)4-9(11)15(16,17)18/h4-5,8H,6-7H2,1-3H3,(H,21,22). The van der Waals surface area contributed by atoms with Gasteiger partial charge in [-0.15, -0.1) is 0 Å². The number of carboxylic acids is 1. The number of rotatable bonds is 3. The molecule has 0 unspecified atom stereocenters. The summed E-state index contributed by atoms with van der Waals surface area (Å²) in [5.41, 5.74) is -2.64. The minimum atomic E-state index is -4.79. The van der Waals surface area contributed by atoms with Crippen LogP contribution in [-0.4, -0.2) is 51.8 Å². The fraction of sp³-hybridized carbons (Fsp3) is 0.533. The van der Waals surface area contributed by atoms with Crippen LogP contribution in [-0.2, 0) is 10.9 Å². The molecule has 1 aromatic rings. The highest BCUT2D eigenvalue weighted by molar-refractivity contribution is 5.85. The number of amides is 1. The Bertz CT molecular complexity index is 679. The van der Waals surface area contributed by atoms with E-state index in [2.05, 4.69) is 4.98 Å². The van der Waals surface area contributed by atoms with Crippen molar-refractivity contribution < 1.29 is 37.3 Å². The molecule has 0 spiro atoms. The van der Waals surface area contributed by atoms with Crippen LogP contribution in [0.2, 0.25) is 0 Å². The monoisotopic (exact) mass is 362 g/mol. The second-order valence-electron chi connectivity index (χ2n) is 6.49. The quantitative estimate of drug-likeness (QED) is 0.889. The van der Waals surface area contributed by atoms with E-state index in [-0.39, 0.29) is 13.1 Å². The number of carboxylic acid groups (broad SMARTS) is 1. The molecule has 0 saturated carbocycles. The van der Waals surface area contributed by atoms with Crippen molar-refractivity contribution in [3.05, 3.63) is 23.5 Å². The molecule has 1 aromatic heterocycles. The summed E-state index contributed by atoms with van der Waals surface area (Å²) in [6.45, 7) is 5.22. The van der Waals surface area contributed by atoms with Crippen molar-refractivity contribution >= 4 is 12.1 Å². The van der Waals surface area contributed by atoms with Crippen LogP contribution in [0.4, 0.5) is 18.0 Å². The van der Waals surface area contributed by atoms with E-state index in [0.717, 1.165) is 6.20 Å². The molecule has 10 heteroatoms. The average Bonchev–Trinajstić information content (AvgIpc) is 2.38. The minimum Gasteiger partial charge on any atom is -0.484 e. The molecule has 2 heterocycles. The molecule has 0 radical (unpaired) electrons. The number of likely N-dealkylation sites (tertiary alicyclic amines) is 1. The number of carbonyl (C=O) groups excluding carboxylic acids is 1. The SMILES string of the molecule is CC(C)(C)OC(=O)N1CC(Oc2cnc(C(=O)O)cc2C(F)(F)F)C1. The van der Waals surface area contributed by atoms with Gasteiger partial charge >= 0.3 is 18.2 Å². The normalized spacial score (nSPS) is 15.5. The van der Waals surface area contributed by atoms with Crippen LogP contribution < -0.4 is 4.74 Å².